The van der Waals surface area contributed by atoms with Gasteiger partial charge in [0.05, 0.1) is 6.33 Å². The van der Waals surface area contributed by atoms with E-state index in [0.29, 0.717) is 30.3 Å². The molecule has 4 aromatic rings. The lowest BCUT2D eigenvalue weighted by Gasteiger charge is -2.11. The zero-order valence-corrected chi connectivity index (χ0v) is 15.9. The topological polar surface area (TPSA) is 62.1 Å². The van der Waals surface area contributed by atoms with Crippen molar-refractivity contribution in [2.24, 2.45) is 0 Å². The molecule has 142 valence electrons. The van der Waals surface area contributed by atoms with Crippen LogP contribution in [-0.2, 0) is 13.2 Å². The average molecular weight is 374 g/mol. The van der Waals surface area contributed by atoms with Gasteiger partial charge in [-0.25, -0.2) is 4.98 Å². The van der Waals surface area contributed by atoms with Gasteiger partial charge in [-0.15, -0.1) is 0 Å². The van der Waals surface area contributed by atoms with E-state index in [9.17, 15) is 0 Å². The van der Waals surface area contributed by atoms with Crippen LogP contribution in [0.2, 0.25) is 0 Å². The molecule has 0 aliphatic rings. The van der Waals surface area contributed by atoms with Gasteiger partial charge in [0, 0.05) is 6.04 Å². The molecule has 0 radical (unpaired) electrons. The van der Waals surface area contributed by atoms with Crippen LogP contribution in [0.1, 0.15) is 31.0 Å². The van der Waals surface area contributed by atoms with Crippen molar-refractivity contribution in [1.29, 1.82) is 0 Å². The van der Waals surface area contributed by atoms with Crippen LogP contribution in [0.15, 0.2) is 67.0 Å². The summed E-state index contributed by atoms with van der Waals surface area (Å²) in [7, 11) is 0. The molecule has 2 aromatic carbocycles. The quantitative estimate of drug-likeness (QED) is 0.474. The number of hydrogen-bond donors (Lipinski definition) is 0. The molecular formula is C22H22N4O2. The third-order valence-corrected chi connectivity index (χ3v) is 4.35. The molecule has 4 rings (SSSR count). The minimum Gasteiger partial charge on any atom is -0.471 e. The molecule has 0 fully saturated rings. The van der Waals surface area contributed by atoms with E-state index in [4.69, 9.17) is 9.47 Å². The second-order valence-electron chi connectivity index (χ2n) is 6.78. The fourth-order valence-electron chi connectivity index (χ4n) is 2.86. The van der Waals surface area contributed by atoms with Crippen molar-refractivity contribution in [2.75, 3.05) is 0 Å². The van der Waals surface area contributed by atoms with Gasteiger partial charge in [0.25, 0.3) is 0 Å². The summed E-state index contributed by atoms with van der Waals surface area (Å²) in [5.41, 5.74) is 3.45. The third-order valence-electron chi connectivity index (χ3n) is 4.35. The Morgan fingerprint density at radius 3 is 2.04 bits per heavy atom. The van der Waals surface area contributed by atoms with E-state index in [1.807, 2.05) is 65.2 Å². The summed E-state index contributed by atoms with van der Waals surface area (Å²) in [4.78, 5) is 13.5. The first-order chi connectivity index (χ1) is 13.7. The highest BCUT2D eigenvalue weighted by Crippen LogP contribution is 2.26. The Morgan fingerprint density at radius 2 is 1.43 bits per heavy atom. The summed E-state index contributed by atoms with van der Waals surface area (Å²) < 4.78 is 13.8. The highest BCUT2D eigenvalue weighted by molar-refractivity contribution is 5.76. The van der Waals surface area contributed by atoms with E-state index in [-0.39, 0.29) is 12.1 Å². The van der Waals surface area contributed by atoms with E-state index in [2.05, 4.69) is 28.8 Å². The lowest BCUT2D eigenvalue weighted by molar-refractivity contribution is 0.261. The van der Waals surface area contributed by atoms with E-state index in [1.54, 1.807) is 6.33 Å². The summed E-state index contributed by atoms with van der Waals surface area (Å²) >= 11 is 0. The first kappa shape index (κ1) is 18.0. The van der Waals surface area contributed by atoms with Crippen LogP contribution < -0.4 is 9.47 Å². The first-order valence-corrected chi connectivity index (χ1v) is 9.29. The van der Waals surface area contributed by atoms with Gasteiger partial charge in [-0.1, -0.05) is 60.7 Å². The van der Waals surface area contributed by atoms with Crippen LogP contribution in [0.5, 0.6) is 11.9 Å². The Bertz CT molecular complexity index is 1050. The number of hydrogen-bond acceptors (Lipinski definition) is 5. The van der Waals surface area contributed by atoms with Crippen molar-refractivity contribution < 1.29 is 9.47 Å². The second kappa shape index (κ2) is 8.08. The smallest absolute Gasteiger partial charge is 0.322 e. The number of fused-ring (bicyclic) bond motifs is 1. The molecule has 0 bridgehead atoms. The Labute approximate surface area is 163 Å². The van der Waals surface area contributed by atoms with Gasteiger partial charge in [0.2, 0.25) is 5.88 Å². The summed E-state index contributed by atoms with van der Waals surface area (Å²) in [6.07, 6.45) is 1.76. The van der Waals surface area contributed by atoms with Crippen molar-refractivity contribution in [3.05, 3.63) is 78.1 Å². The summed E-state index contributed by atoms with van der Waals surface area (Å²) in [5, 5.41) is 0. The largest absolute Gasteiger partial charge is 0.471 e. The fraction of sp³-hybridized carbons (Fsp3) is 0.227. The monoisotopic (exact) mass is 374 g/mol. The molecule has 6 heteroatoms. The molecule has 0 aliphatic carbocycles. The number of aromatic nitrogens is 4. The predicted molar refractivity (Wildman–Crippen MR) is 107 cm³/mol. The van der Waals surface area contributed by atoms with Gasteiger partial charge in [-0.3, -0.25) is 0 Å². The highest BCUT2D eigenvalue weighted by Gasteiger charge is 2.17. The SMILES string of the molecule is CC(C)n1cnc2c(OCc3ccccc3)nc(OCc3ccccc3)nc21. The standard InChI is InChI=1S/C22H22N4O2/c1-16(2)26-15-23-19-20(26)24-22(28-14-18-11-7-4-8-12-18)25-21(19)27-13-17-9-5-3-6-10-17/h3-12,15-16H,13-14H2,1-2H3. The minimum absolute atomic E-state index is 0.212. The average Bonchev–Trinajstić information content (AvgIpc) is 3.16. The molecule has 0 aliphatic heterocycles. The molecule has 0 saturated carbocycles. The molecule has 0 atom stereocenters. The summed E-state index contributed by atoms with van der Waals surface area (Å²) in [6, 6.07) is 20.4. The van der Waals surface area contributed by atoms with Gasteiger partial charge in [0.1, 0.15) is 13.2 Å². The lowest BCUT2D eigenvalue weighted by Crippen LogP contribution is -2.06. The second-order valence-corrected chi connectivity index (χ2v) is 6.78. The molecule has 0 saturated heterocycles. The molecular weight excluding hydrogens is 352 g/mol. The fourth-order valence-corrected chi connectivity index (χ4v) is 2.86. The third kappa shape index (κ3) is 3.96. The molecule has 2 heterocycles. The van der Waals surface area contributed by atoms with Crippen LogP contribution in [0, 0.1) is 0 Å². The predicted octanol–water partition coefficient (Wildman–Crippen LogP) is 4.57. The van der Waals surface area contributed by atoms with Crippen molar-refractivity contribution in [2.45, 2.75) is 33.1 Å². The molecule has 28 heavy (non-hydrogen) atoms. The lowest BCUT2D eigenvalue weighted by atomic mass is 10.2. The van der Waals surface area contributed by atoms with Crippen molar-refractivity contribution in [1.82, 2.24) is 19.5 Å². The van der Waals surface area contributed by atoms with Crippen LogP contribution in [-0.4, -0.2) is 19.5 Å². The van der Waals surface area contributed by atoms with Gasteiger partial charge < -0.3 is 14.0 Å². The number of nitrogens with zero attached hydrogens (tertiary/aromatic N) is 4. The van der Waals surface area contributed by atoms with Gasteiger partial charge in [0.15, 0.2) is 11.2 Å². The Kier molecular flexibility index (Phi) is 5.19. The number of benzene rings is 2. The van der Waals surface area contributed by atoms with Crippen LogP contribution in [0.25, 0.3) is 11.2 Å². The number of rotatable bonds is 7. The first-order valence-electron chi connectivity index (χ1n) is 9.29. The number of ether oxygens (including phenoxy) is 2. The van der Waals surface area contributed by atoms with Crippen LogP contribution in [0.4, 0.5) is 0 Å². The molecule has 0 unspecified atom stereocenters. The molecule has 2 aromatic heterocycles. The zero-order chi connectivity index (χ0) is 19.3. The van der Waals surface area contributed by atoms with Gasteiger partial charge in [-0.05, 0) is 25.0 Å². The van der Waals surface area contributed by atoms with Gasteiger partial charge in [-0.2, -0.15) is 9.97 Å². The number of imidazole rings is 1. The van der Waals surface area contributed by atoms with E-state index in [1.165, 1.54) is 0 Å². The summed E-state index contributed by atoms with van der Waals surface area (Å²) in [6.45, 7) is 4.95. The summed E-state index contributed by atoms with van der Waals surface area (Å²) in [5.74, 6) is 0.427. The van der Waals surface area contributed by atoms with E-state index >= 15 is 0 Å². The normalized spacial score (nSPS) is 11.1. The Morgan fingerprint density at radius 1 is 0.821 bits per heavy atom. The van der Waals surface area contributed by atoms with Crippen LogP contribution >= 0.6 is 0 Å². The molecule has 0 N–H and O–H groups in total. The highest BCUT2D eigenvalue weighted by atomic mass is 16.5. The molecule has 0 spiro atoms. The maximum Gasteiger partial charge on any atom is 0.322 e. The van der Waals surface area contributed by atoms with Crippen molar-refractivity contribution >= 4 is 11.2 Å². The van der Waals surface area contributed by atoms with E-state index in [0.717, 1.165) is 11.1 Å². The van der Waals surface area contributed by atoms with Crippen molar-refractivity contribution in [3.63, 3.8) is 0 Å². The van der Waals surface area contributed by atoms with E-state index < -0.39 is 0 Å². The molecule has 6 nitrogen and oxygen atoms in total. The Hall–Kier alpha value is -3.41. The van der Waals surface area contributed by atoms with Crippen LogP contribution in [0.3, 0.4) is 0 Å². The maximum atomic E-state index is 5.98. The maximum absolute atomic E-state index is 5.98. The van der Waals surface area contributed by atoms with Gasteiger partial charge >= 0.3 is 6.01 Å². The Balaban J connectivity index is 1.64. The van der Waals surface area contributed by atoms with Crippen molar-refractivity contribution in [3.8, 4) is 11.9 Å². The zero-order valence-electron chi connectivity index (χ0n) is 15.9. The minimum atomic E-state index is 0.212. The molecule has 0 amide bonds.